The maximum atomic E-state index is 11.5. The predicted octanol–water partition coefficient (Wildman–Crippen LogP) is 2.05. The van der Waals surface area contributed by atoms with Gasteiger partial charge < -0.3 is 9.67 Å². The highest BCUT2D eigenvalue weighted by Gasteiger charge is 2.18. The summed E-state index contributed by atoms with van der Waals surface area (Å²) in [5, 5.41) is 12.6. The van der Waals surface area contributed by atoms with Crippen molar-refractivity contribution in [3.8, 4) is 0 Å². The van der Waals surface area contributed by atoms with Crippen molar-refractivity contribution in [2.24, 2.45) is 0 Å². The number of para-hydroxylation sites is 2. The van der Waals surface area contributed by atoms with Gasteiger partial charge in [0, 0.05) is 35.4 Å². The van der Waals surface area contributed by atoms with Crippen LogP contribution in [0, 0.1) is 0 Å². The van der Waals surface area contributed by atoms with Gasteiger partial charge in [-0.25, -0.2) is 12.7 Å². The number of likely N-dealkylation sites (N-methyl/N-ethyl adjacent to an activating group) is 1. The molecule has 122 valence electrons. The highest BCUT2D eigenvalue weighted by atomic mass is 32.2. The van der Waals surface area contributed by atoms with E-state index in [1.807, 2.05) is 41.0 Å². The lowest BCUT2D eigenvalue weighted by Gasteiger charge is -2.19. The number of hydrogen-bond acceptors (Lipinski definition) is 3. The molecule has 1 heterocycles. The van der Waals surface area contributed by atoms with Gasteiger partial charge in [0.25, 0.3) is 0 Å². The van der Waals surface area contributed by atoms with Crippen LogP contribution in [0.25, 0.3) is 21.8 Å². The average Bonchev–Trinajstić information content (AvgIpc) is 2.81. The molecule has 0 aliphatic carbocycles. The number of benzene rings is 2. The fourth-order valence-electron chi connectivity index (χ4n) is 2.90. The maximum absolute atomic E-state index is 11.5. The zero-order chi connectivity index (χ0) is 16.6. The minimum atomic E-state index is -3.30. The summed E-state index contributed by atoms with van der Waals surface area (Å²) in [5.74, 6) is 0. The van der Waals surface area contributed by atoms with Crippen LogP contribution in [-0.2, 0) is 16.6 Å². The molecule has 1 aromatic heterocycles. The lowest BCUT2D eigenvalue weighted by atomic mass is 10.2. The minimum absolute atomic E-state index is 0.0691. The molecule has 6 heteroatoms. The van der Waals surface area contributed by atoms with Gasteiger partial charge in [-0.3, -0.25) is 0 Å². The first-order valence-electron chi connectivity index (χ1n) is 7.43. The van der Waals surface area contributed by atoms with Crippen LogP contribution in [0.4, 0.5) is 0 Å². The van der Waals surface area contributed by atoms with Gasteiger partial charge in [-0.2, -0.15) is 0 Å². The topological polar surface area (TPSA) is 62.5 Å². The van der Waals surface area contributed by atoms with E-state index in [1.165, 1.54) is 11.4 Å². The predicted molar refractivity (Wildman–Crippen MR) is 92.9 cm³/mol. The molecule has 23 heavy (non-hydrogen) atoms. The Morgan fingerprint density at radius 1 is 1.04 bits per heavy atom. The van der Waals surface area contributed by atoms with Crippen molar-refractivity contribution in [1.29, 1.82) is 0 Å². The minimum Gasteiger partial charge on any atom is -0.390 e. The number of sulfonamides is 1. The van der Waals surface area contributed by atoms with E-state index >= 15 is 0 Å². The van der Waals surface area contributed by atoms with Crippen molar-refractivity contribution in [3.63, 3.8) is 0 Å². The summed E-state index contributed by atoms with van der Waals surface area (Å²) >= 11 is 0. The molecule has 0 radical (unpaired) electrons. The van der Waals surface area contributed by atoms with E-state index in [-0.39, 0.29) is 6.54 Å². The summed E-state index contributed by atoms with van der Waals surface area (Å²) in [7, 11) is -1.82. The second kappa shape index (κ2) is 5.96. The monoisotopic (exact) mass is 332 g/mol. The molecule has 0 saturated heterocycles. The Labute approximate surface area is 135 Å². The van der Waals surface area contributed by atoms with E-state index < -0.39 is 16.1 Å². The van der Waals surface area contributed by atoms with Crippen molar-refractivity contribution in [2.75, 3.05) is 19.8 Å². The molecule has 0 amide bonds. The van der Waals surface area contributed by atoms with Crippen LogP contribution in [-0.4, -0.2) is 48.3 Å². The number of rotatable bonds is 5. The van der Waals surface area contributed by atoms with Gasteiger partial charge in [0.2, 0.25) is 10.0 Å². The van der Waals surface area contributed by atoms with Crippen LogP contribution in [0.1, 0.15) is 0 Å². The number of aliphatic hydroxyl groups is 1. The molecule has 1 N–H and O–H groups in total. The van der Waals surface area contributed by atoms with Crippen molar-refractivity contribution in [3.05, 3.63) is 48.5 Å². The number of aromatic nitrogens is 1. The summed E-state index contributed by atoms with van der Waals surface area (Å²) < 4.78 is 26.2. The number of hydrogen-bond donors (Lipinski definition) is 1. The van der Waals surface area contributed by atoms with Crippen LogP contribution < -0.4 is 0 Å². The normalized spacial score (nSPS) is 13.9. The van der Waals surface area contributed by atoms with E-state index in [2.05, 4.69) is 12.1 Å². The average molecular weight is 332 g/mol. The molecule has 0 fully saturated rings. The van der Waals surface area contributed by atoms with Gasteiger partial charge in [-0.05, 0) is 12.1 Å². The van der Waals surface area contributed by atoms with E-state index in [1.54, 1.807) is 0 Å². The Morgan fingerprint density at radius 3 is 2.00 bits per heavy atom. The first-order chi connectivity index (χ1) is 10.9. The molecule has 0 spiro atoms. The zero-order valence-electron chi connectivity index (χ0n) is 13.2. The third-order valence-corrected chi connectivity index (χ3v) is 5.39. The van der Waals surface area contributed by atoms with Crippen LogP contribution >= 0.6 is 0 Å². The van der Waals surface area contributed by atoms with E-state index in [4.69, 9.17) is 0 Å². The maximum Gasteiger partial charge on any atom is 0.211 e. The first kappa shape index (κ1) is 16.0. The van der Waals surface area contributed by atoms with Gasteiger partial charge in [0.1, 0.15) is 0 Å². The van der Waals surface area contributed by atoms with Gasteiger partial charge in [0.05, 0.1) is 18.9 Å². The quantitative estimate of drug-likeness (QED) is 0.778. The molecule has 0 saturated carbocycles. The molecule has 2 aromatic carbocycles. The molecule has 0 aliphatic heterocycles. The lowest BCUT2D eigenvalue weighted by molar-refractivity contribution is 0.137. The van der Waals surface area contributed by atoms with Crippen LogP contribution in [0.3, 0.4) is 0 Å². The van der Waals surface area contributed by atoms with Crippen molar-refractivity contribution in [2.45, 2.75) is 12.6 Å². The first-order valence-corrected chi connectivity index (χ1v) is 9.28. The fraction of sp³-hybridized carbons (Fsp3) is 0.294. The Kier molecular flexibility index (Phi) is 4.14. The van der Waals surface area contributed by atoms with Gasteiger partial charge in [-0.15, -0.1) is 0 Å². The Hall–Kier alpha value is -1.89. The number of nitrogens with zero attached hydrogens (tertiary/aromatic N) is 2. The summed E-state index contributed by atoms with van der Waals surface area (Å²) in [4.78, 5) is 0. The SMILES string of the molecule is CN(C[C@@H](O)Cn1c2ccccc2c2ccccc21)S(C)(=O)=O. The summed E-state index contributed by atoms with van der Waals surface area (Å²) in [6.45, 7) is 0.410. The van der Waals surface area contributed by atoms with Crippen molar-refractivity contribution in [1.82, 2.24) is 8.87 Å². The Balaban J connectivity index is 1.99. The molecule has 0 aliphatic rings. The van der Waals surface area contributed by atoms with E-state index in [0.29, 0.717) is 6.54 Å². The smallest absolute Gasteiger partial charge is 0.211 e. The van der Waals surface area contributed by atoms with Gasteiger partial charge in [-0.1, -0.05) is 36.4 Å². The molecule has 3 aromatic rings. The third-order valence-electron chi connectivity index (χ3n) is 4.11. The van der Waals surface area contributed by atoms with E-state index in [0.717, 1.165) is 28.1 Å². The highest BCUT2D eigenvalue weighted by molar-refractivity contribution is 7.88. The van der Waals surface area contributed by atoms with Crippen LogP contribution in [0.2, 0.25) is 0 Å². The second-order valence-corrected chi connectivity index (χ2v) is 7.93. The zero-order valence-corrected chi connectivity index (χ0v) is 14.0. The van der Waals surface area contributed by atoms with Crippen LogP contribution in [0.5, 0.6) is 0 Å². The summed E-state index contributed by atoms with van der Waals surface area (Å²) in [6.07, 6.45) is 0.356. The summed E-state index contributed by atoms with van der Waals surface area (Å²) in [5.41, 5.74) is 2.07. The number of aliphatic hydroxyl groups excluding tert-OH is 1. The Morgan fingerprint density at radius 2 is 1.52 bits per heavy atom. The highest BCUT2D eigenvalue weighted by Crippen LogP contribution is 2.28. The van der Waals surface area contributed by atoms with E-state index in [9.17, 15) is 13.5 Å². The molecule has 3 rings (SSSR count). The van der Waals surface area contributed by atoms with Gasteiger partial charge >= 0.3 is 0 Å². The standard InChI is InChI=1S/C17H20N2O3S/c1-18(23(2,21)22)11-13(20)12-19-16-9-5-3-7-14(16)15-8-4-6-10-17(15)19/h3-10,13,20H,11-12H2,1-2H3/t13-/m1/s1. The Bertz CT molecular complexity index is 894. The second-order valence-electron chi connectivity index (χ2n) is 5.84. The number of fused-ring (bicyclic) bond motifs is 3. The molecule has 0 unspecified atom stereocenters. The fourth-order valence-corrected chi connectivity index (χ4v) is 3.34. The van der Waals surface area contributed by atoms with Gasteiger partial charge in [0.15, 0.2) is 0 Å². The van der Waals surface area contributed by atoms with Crippen molar-refractivity contribution < 1.29 is 13.5 Å². The molecule has 5 nitrogen and oxygen atoms in total. The van der Waals surface area contributed by atoms with Crippen molar-refractivity contribution >= 4 is 31.8 Å². The third kappa shape index (κ3) is 3.10. The molecule has 0 bridgehead atoms. The summed E-state index contributed by atoms with van der Waals surface area (Å²) in [6, 6.07) is 16.1. The van der Waals surface area contributed by atoms with Crippen LogP contribution in [0.15, 0.2) is 48.5 Å². The molecular formula is C17H20N2O3S. The molecular weight excluding hydrogens is 312 g/mol. The largest absolute Gasteiger partial charge is 0.390 e. The lowest BCUT2D eigenvalue weighted by Crippen LogP contribution is -2.35. The molecule has 1 atom stereocenters.